The highest BCUT2D eigenvalue weighted by Crippen LogP contribution is 2.23. The van der Waals surface area contributed by atoms with E-state index in [1.165, 1.54) is 25.2 Å². The standard InChI is InChI=1S/C12H23N3O2S/c1-4-5-6-7-12(2,3)10-15-18(16,17)11-8-13-14-9-11/h8-9,15H,4-7,10H2,1-3H3,(H,13,14). The van der Waals surface area contributed by atoms with E-state index in [1.807, 2.05) is 0 Å². The van der Waals surface area contributed by atoms with Crippen molar-refractivity contribution in [3.63, 3.8) is 0 Å². The van der Waals surface area contributed by atoms with E-state index in [0.29, 0.717) is 6.54 Å². The van der Waals surface area contributed by atoms with E-state index in [1.54, 1.807) is 0 Å². The molecule has 0 unspecified atom stereocenters. The Balaban J connectivity index is 2.49. The van der Waals surface area contributed by atoms with E-state index in [4.69, 9.17) is 0 Å². The number of aromatic amines is 1. The van der Waals surface area contributed by atoms with Crippen LogP contribution in [-0.4, -0.2) is 25.2 Å². The summed E-state index contributed by atoms with van der Waals surface area (Å²) < 4.78 is 26.4. The van der Waals surface area contributed by atoms with E-state index in [9.17, 15) is 8.42 Å². The van der Waals surface area contributed by atoms with Crippen LogP contribution >= 0.6 is 0 Å². The quantitative estimate of drug-likeness (QED) is 0.714. The van der Waals surface area contributed by atoms with Crippen LogP contribution in [-0.2, 0) is 10.0 Å². The molecule has 0 aromatic carbocycles. The molecule has 104 valence electrons. The molecule has 5 nitrogen and oxygen atoms in total. The van der Waals surface area contributed by atoms with Gasteiger partial charge in [-0.2, -0.15) is 5.10 Å². The lowest BCUT2D eigenvalue weighted by molar-refractivity contribution is 0.320. The molecule has 2 N–H and O–H groups in total. The molecule has 0 aliphatic rings. The third-order valence-electron chi connectivity index (χ3n) is 2.98. The lowest BCUT2D eigenvalue weighted by Crippen LogP contribution is -2.33. The number of hydrogen-bond acceptors (Lipinski definition) is 3. The smallest absolute Gasteiger partial charge is 0.243 e. The fourth-order valence-corrected chi connectivity index (χ4v) is 2.85. The fourth-order valence-electron chi connectivity index (χ4n) is 1.70. The molecule has 18 heavy (non-hydrogen) atoms. The van der Waals surface area contributed by atoms with Crippen LogP contribution in [0.15, 0.2) is 17.3 Å². The van der Waals surface area contributed by atoms with E-state index in [2.05, 4.69) is 35.7 Å². The molecule has 0 radical (unpaired) electrons. The van der Waals surface area contributed by atoms with Crippen LogP contribution in [0.25, 0.3) is 0 Å². The summed E-state index contributed by atoms with van der Waals surface area (Å²) in [7, 11) is -3.42. The average Bonchev–Trinajstić information content (AvgIpc) is 2.81. The van der Waals surface area contributed by atoms with Crippen LogP contribution in [0.1, 0.15) is 46.5 Å². The van der Waals surface area contributed by atoms with Gasteiger partial charge in [-0.05, 0) is 11.8 Å². The Kier molecular flexibility index (Phi) is 5.34. The Morgan fingerprint density at radius 2 is 2.11 bits per heavy atom. The van der Waals surface area contributed by atoms with E-state index in [-0.39, 0.29) is 10.3 Å². The number of unbranched alkanes of at least 4 members (excludes halogenated alkanes) is 2. The summed E-state index contributed by atoms with van der Waals surface area (Å²) in [6.45, 7) is 6.78. The van der Waals surface area contributed by atoms with Gasteiger partial charge in [-0.1, -0.05) is 40.0 Å². The van der Waals surface area contributed by atoms with Crippen molar-refractivity contribution in [2.24, 2.45) is 5.41 Å². The van der Waals surface area contributed by atoms with Gasteiger partial charge >= 0.3 is 0 Å². The first-order valence-electron chi connectivity index (χ1n) is 6.36. The SMILES string of the molecule is CCCCCC(C)(C)CNS(=O)(=O)c1cn[nH]c1. The Hall–Kier alpha value is -0.880. The maximum Gasteiger partial charge on any atom is 0.243 e. The molecule has 0 fully saturated rings. The molecule has 0 spiro atoms. The van der Waals surface area contributed by atoms with Crippen molar-refractivity contribution in [3.8, 4) is 0 Å². The number of rotatable bonds is 8. The van der Waals surface area contributed by atoms with E-state index in [0.717, 1.165) is 12.8 Å². The molecular formula is C12H23N3O2S. The van der Waals surface area contributed by atoms with Crippen molar-refractivity contribution < 1.29 is 8.42 Å². The van der Waals surface area contributed by atoms with Gasteiger partial charge in [0, 0.05) is 12.7 Å². The van der Waals surface area contributed by atoms with Gasteiger partial charge in [-0.3, -0.25) is 5.10 Å². The van der Waals surface area contributed by atoms with Crippen molar-refractivity contribution in [3.05, 3.63) is 12.4 Å². The summed E-state index contributed by atoms with van der Waals surface area (Å²) in [5.74, 6) is 0. The first-order chi connectivity index (χ1) is 8.37. The van der Waals surface area contributed by atoms with Crippen LogP contribution in [0.2, 0.25) is 0 Å². The molecule has 0 saturated heterocycles. The minimum Gasteiger partial charge on any atom is -0.284 e. The normalized spacial score (nSPS) is 12.8. The highest BCUT2D eigenvalue weighted by molar-refractivity contribution is 7.89. The molecular weight excluding hydrogens is 250 g/mol. The lowest BCUT2D eigenvalue weighted by atomic mass is 9.87. The maximum atomic E-state index is 11.9. The molecule has 0 bridgehead atoms. The zero-order valence-corrected chi connectivity index (χ0v) is 12.2. The second-order valence-electron chi connectivity index (χ2n) is 5.38. The zero-order valence-electron chi connectivity index (χ0n) is 11.4. The Morgan fingerprint density at radius 3 is 2.67 bits per heavy atom. The van der Waals surface area contributed by atoms with Crippen LogP contribution in [0, 0.1) is 5.41 Å². The minimum absolute atomic E-state index is 0.0218. The molecule has 0 saturated carbocycles. The number of nitrogens with one attached hydrogen (secondary N) is 2. The molecule has 1 aromatic rings. The summed E-state index contributed by atoms with van der Waals surface area (Å²) >= 11 is 0. The van der Waals surface area contributed by atoms with Crippen LogP contribution in [0.4, 0.5) is 0 Å². The van der Waals surface area contributed by atoms with Crippen molar-refractivity contribution in [1.82, 2.24) is 14.9 Å². The van der Waals surface area contributed by atoms with Crippen LogP contribution in [0.3, 0.4) is 0 Å². The molecule has 0 amide bonds. The molecule has 1 aromatic heterocycles. The third kappa shape index (κ3) is 4.78. The Labute approximate surface area is 109 Å². The largest absolute Gasteiger partial charge is 0.284 e. The molecule has 1 heterocycles. The number of nitrogens with zero attached hydrogens (tertiary/aromatic N) is 1. The van der Waals surface area contributed by atoms with Crippen molar-refractivity contribution in [1.29, 1.82) is 0 Å². The minimum atomic E-state index is -3.42. The van der Waals surface area contributed by atoms with Gasteiger partial charge in [-0.15, -0.1) is 0 Å². The van der Waals surface area contributed by atoms with Crippen molar-refractivity contribution >= 4 is 10.0 Å². The highest BCUT2D eigenvalue weighted by Gasteiger charge is 2.22. The first kappa shape index (κ1) is 15.2. The van der Waals surface area contributed by atoms with Crippen LogP contribution < -0.4 is 4.72 Å². The van der Waals surface area contributed by atoms with Crippen LogP contribution in [0.5, 0.6) is 0 Å². The van der Waals surface area contributed by atoms with Gasteiger partial charge in [0.15, 0.2) is 0 Å². The predicted octanol–water partition coefficient (Wildman–Crippen LogP) is 2.29. The summed E-state index contributed by atoms with van der Waals surface area (Å²) in [5, 5.41) is 6.16. The summed E-state index contributed by atoms with van der Waals surface area (Å²) in [5.41, 5.74) is -0.0218. The van der Waals surface area contributed by atoms with Gasteiger partial charge in [0.05, 0.1) is 6.20 Å². The lowest BCUT2D eigenvalue weighted by Gasteiger charge is -2.24. The Morgan fingerprint density at radius 1 is 1.39 bits per heavy atom. The monoisotopic (exact) mass is 273 g/mol. The van der Waals surface area contributed by atoms with Gasteiger partial charge in [0.1, 0.15) is 4.90 Å². The second kappa shape index (κ2) is 6.33. The van der Waals surface area contributed by atoms with Gasteiger partial charge < -0.3 is 0 Å². The second-order valence-corrected chi connectivity index (χ2v) is 7.15. The number of hydrogen-bond donors (Lipinski definition) is 2. The van der Waals surface area contributed by atoms with Gasteiger partial charge in [0.2, 0.25) is 10.0 Å². The number of H-pyrrole nitrogens is 1. The molecule has 1 rings (SSSR count). The highest BCUT2D eigenvalue weighted by atomic mass is 32.2. The van der Waals surface area contributed by atoms with E-state index < -0.39 is 10.0 Å². The molecule has 0 aliphatic heterocycles. The summed E-state index contributed by atoms with van der Waals surface area (Å²) in [4.78, 5) is 0.187. The topological polar surface area (TPSA) is 74.8 Å². The van der Waals surface area contributed by atoms with Gasteiger partial charge in [-0.25, -0.2) is 13.1 Å². The number of aromatic nitrogens is 2. The average molecular weight is 273 g/mol. The molecule has 6 heteroatoms. The summed E-state index contributed by atoms with van der Waals surface area (Å²) in [6, 6.07) is 0. The first-order valence-corrected chi connectivity index (χ1v) is 7.84. The van der Waals surface area contributed by atoms with Crippen molar-refractivity contribution in [2.75, 3.05) is 6.54 Å². The fraction of sp³-hybridized carbons (Fsp3) is 0.750. The number of sulfonamides is 1. The van der Waals surface area contributed by atoms with E-state index >= 15 is 0 Å². The molecule has 0 atom stereocenters. The zero-order chi connectivity index (χ0) is 13.6. The summed E-state index contributed by atoms with van der Waals surface area (Å²) in [6.07, 6.45) is 7.22. The van der Waals surface area contributed by atoms with Crippen molar-refractivity contribution in [2.45, 2.75) is 51.3 Å². The predicted molar refractivity (Wildman–Crippen MR) is 71.7 cm³/mol. The molecule has 0 aliphatic carbocycles. The Bertz CT molecular complexity index is 438. The maximum absolute atomic E-state index is 11.9. The van der Waals surface area contributed by atoms with Gasteiger partial charge in [0.25, 0.3) is 0 Å². The third-order valence-corrected chi connectivity index (χ3v) is 4.35.